The van der Waals surface area contributed by atoms with Crippen molar-refractivity contribution in [3.05, 3.63) is 47.4 Å². The first kappa shape index (κ1) is 15.9. The van der Waals surface area contributed by atoms with E-state index in [1.54, 1.807) is 6.26 Å². The Morgan fingerprint density at radius 2 is 2.23 bits per heavy atom. The SMILES string of the molecule is C[C@@H]1OC=C(C(=O)NN)C2CC3c4[nH]c5ccccc5c4CCN3CC21. The molecule has 5 rings (SSSR count). The van der Waals surface area contributed by atoms with Gasteiger partial charge in [0.1, 0.15) is 0 Å². The van der Waals surface area contributed by atoms with E-state index in [-0.39, 0.29) is 17.9 Å². The predicted octanol–water partition coefficient (Wildman–Crippen LogP) is 2.00. The number of nitrogens with zero attached hydrogens (tertiary/aromatic N) is 1. The molecule has 1 aromatic carbocycles. The summed E-state index contributed by atoms with van der Waals surface area (Å²) in [5, 5.41) is 1.33. The minimum Gasteiger partial charge on any atom is -0.497 e. The maximum atomic E-state index is 12.3. The molecule has 26 heavy (non-hydrogen) atoms. The largest absolute Gasteiger partial charge is 0.497 e. The summed E-state index contributed by atoms with van der Waals surface area (Å²) < 4.78 is 5.77. The number of para-hydroxylation sites is 1. The third kappa shape index (κ3) is 2.22. The minimum absolute atomic E-state index is 0.111. The summed E-state index contributed by atoms with van der Waals surface area (Å²) in [6.45, 7) is 4.10. The summed E-state index contributed by atoms with van der Waals surface area (Å²) >= 11 is 0. The van der Waals surface area contributed by atoms with Gasteiger partial charge in [0.05, 0.1) is 24.0 Å². The average Bonchev–Trinajstić information content (AvgIpc) is 3.06. The van der Waals surface area contributed by atoms with Gasteiger partial charge in [0.25, 0.3) is 5.91 Å². The second-order valence-electron chi connectivity index (χ2n) is 7.72. The van der Waals surface area contributed by atoms with E-state index in [2.05, 4.69) is 46.5 Å². The summed E-state index contributed by atoms with van der Waals surface area (Å²) in [6.07, 6.45) is 3.71. The zero-order valence-electron chi connectivity index (χ0n) is 14.9. The van der Waals surface area contributed by atoms with E-state index in [1.807, 2.05) is 0 Å². The summed E-state index contributed by atoms with van der Waals surface area (Å²) in [7, 11) is 0. The van der Waals surface area contributed by atoms with E-state index in [4.69, 9.17) is 10.6 Å². The third-order valence-electron chi connectivity index (χ3n) is 6.51. The van der Waals surface area contributed by atoms with Gasteiger partial charge in [-0.3, -0.25) is 15.1 Å². The molecule has 1 amide bonds. The monoisotopic (exact) mass is 352 g/mol. The third-order valence-corrected chi connectivity index (χ3v) is 6.51. The molecule has 4 N–H and O–H groups in total. The minimum atomic E-state index is -0.229. The number of H-pyrrole nitrogens is 1. The lowest BCUT2D eigenvalue weighted by molar-refractivity contribution is -0.120. The van der Waals surface area contributed by atoms with Gasteiger partial charge in [-0.15, -0.1) is 0 Å². The number of rotatable bonds is 1. The van der Waals surface area contributed by atoms with E-state index in [9.17, 15) is 4.79 Å². The van der Waals surface area contributed by atoms with Gasteiger partial charge in [-0.05, 0) is 31.4 Å². The summed E-state index contributed by atoms with van der Waals surface area (Å²) in [5.74, 6) is 5.66. The molecule has 6 heteroatoms. The average molecular weight is 352 g/mol. The molecule has 3 aliphatic rings. The molecule has 1 fully saturated rings. The molecule has 1 saturated heterocycles. The van der Waals surface area contributed by atoms with Crippen LogP contribution in [0.4, 0.5) is 0 Å². The molecular weight excluding hydrogens is 328 g/mol. The molecule has 4 atom stereocenters. The highest BCUT2D eigenvalue weighted by atomic mass is 16.5. The van der Waals surface area contributed by atoms with Crippen LogP contribution in [0.2, 0.25) is 0 Å². The van der Waals surface area contributed by atoms with Crippen LogP contribution in [-0.2, 0) is 16.0 Å². The Kier molecular flexibility index (Phi) is 3.58. The Labute approximate surface area is 152 Å². The fraction of sp³-hybridized carbons (Fsp3) is 0.450. The van der Waals surface area contributed by atoms with Gasteiger partial charge < -0.3 is 9.72 Å². The Balaban J connectivity index is 1.55. The molecule has 1 aromatic heterocycles. The molecule has 3 unspecified atom stereocenters. The lowest BCUT2D eigenvalue weighted by Crippen LogP contribution is -2.52. The van der Waals surface area contributed by atoms with E-state index >= 15 is 0 Å². The number of nitrogens with one attached hydrogen (secondary N) is 2. The number of hydrazine groups is 1. The van der Waals surface area contributed by atoms with Crippen LogP contribution >= 0.6 is 0 Å². The van der Waals surface area contributed by atoms with Gasteiger partial charge in [0.15, 0.2) is 0 Å². The van der Waals surface area contributed by atoms with Crippen LogP contribution in [0.25, 0.3) is 10.9 Å². The number of carbonyl (C=O) groups is 1. The van der Waals surface area contributed by atoms with Gasteiger partial charge in [0.2, 0.25) is 0 Å². The number of ether oxygens (including phenoxy) is 1. The van der Waals surface area contributed by atoms with E-state index in [1.165, 1.54) is 22.2 Å². The zero-order chi connectivity index (χ0) is 17.8. The molecule has 3 aliphatic heterocycles. The van der Waals surface area contributed by atoms with Crippen LogP contribution in [0.3, 0.4) is 0 Å². The number of hydrogen-bond acceptors (Lipinski definition) is 4. The number of aromatic amines is 1. The van der Waals surface area contributed by atoms with Crippen LogP contribution in [0.15, 0.2) is 36.1 Å². The van der Waals surface area contributed by atoms with Gasteiger partial charge in [-0.25, -0.2) is 5.84 Å². The second kappa shape index (κ2) is 5.86. The van der Waals surface area contributed by atoms with E-state index in [0.717, 1.165) is 25.9 Å². The highest BCUT2D eigenvalue weighted by molar-refractivity contribution is 5.93. The Bertz CT molecular complexity index is 902. The number of nitrogens with two attached hydrogens (primary N) is 1. The van der Waals surface area contributed by atoms with Crippen molar-refractivity contribution in [3.63, 3.8) is 0 Å². The lowest BCUT2D eigenvalue weighted by atomic mass is 9.72. The van der Waals surface area contributed by atoms with Crippen LogP contribution in [-0.4, -0.2) is 35.0 Å². The molecule has 0 radical (unpaired) electrons. The van der Waals surface area contributed by atoms with E-state index < -0.39 is 0 Å². The molecule has 2 aromatic rings. The van der Waals surface area contributed by atoms with Gasteiger partial charge in [0, 0.05) is 41.5 Å². The van der Waals surface area contributed by atoms with Crippen molar-refractivity contribution >= 4 is 16.8 Å². The summed E-state index contributed by atoms with van der Waals surface area (Å²) in [6, 6.07) is 8.84. The van der Waals surface area contributed by atoms with Gasteiger partial charge in [-0.1, -0.05) is 18.2 Å². The first-order chi connectivity index (χ1) is 12.7. The Morgan fingerprint density at radius 1 is 1.38 bits per heavy atom. The molecule has 0 aliphatic carbocycles. The van der Waals surface area contributed by atoms with Crippen molar-refractivity contribution in [1.29, 1.82) is 0 Å². The van der Waals surface area contributed by atoms with Crippen LogP contribution in [0.5, 0.6) is 0 Å². The second-order valence-corrected chi connectivity index (χ2v) is 7.72. The number of amides is 1. The van der Waals surface area contributed by atoms with Crippen molar-refractivity contribution in [1.82, 2.24) is 15.3 Å². The molecule has 0 spiro atoms. The number of aromatic nitrogens is 1. The van der Waals surface area contributed by atoms with Crippen LogP contribution in [0, 0.1) is 11.8 Å². The Morgan fingerprint density at radius 3 is 3.08 bits per heavy atom. The summed E-state index contributed by atoms with van der Waals surface area (Å²) in [5.41, 5.74) is 6.93. The van der Waals surface area contributed by atoms with Crippen molar-refractivity contribution in [3.8, 4) is 0 Å². The van der Waals surface area contributed by atoms with Crippen molar-refractivity contribution < 1.29 is 9.53 Å². The zero-order valence-corrected chi connectivity index (χ0v) is 14.9. The molecule has 6 nitrogen and oxygen atoms in total. The lowest BCUT2D eigenvalue weighted by Gasteiger charge is -2.49. The number of fused-ring (bicyclic) bond motifs is 6. The van der Waals surface area contributed by atoms with Crippen molar-refractivity contribution in [2.45, 2.75) is 31.9 Å². The maximum absolute atomic E-state index is 12.3. The Hall–Kier alpha value is -2.31. The molecule has 0 bridgehead atoms. The predicted molar refractivity (Wildman–Crippen MR) is 98.9 cm³/mol. The first-order valence-corrected chi connectivity index (χ1v) is 9.37. The fourth-order valence-electron chi connectivity index (χ4n) is 5.17. The molecular formula is C20H24N4O2. The quantitative estimate of drug-likeness (QED) is 0.416. The van der Waals surface area contributed by atoms with Gasteiger partial charge >= 0.3 is 0 Å². The van der Waals surface area contributed by atoms with Crippen LogP contribution < -0.4 is 11.3 Å². The van der Waals surface area contributed by atoms with E-state index in [0.29, 0.717) is 17.5 Å². The fourth-order valence-corrected chi connectivity index (χ4v) is 5.17. The first-order valence-electron chi connectivity index (χ1n) is 9.37. The highest BCUT2D eigenvalue weighted by Gasteiger charge is 2.46. The molecule has 4 heterocycles. The topological polar surface area (TPSA) is 83.4 Å². The molecule has 136 valence electrons. The summed E-state index contributed by atoms with van der Waals surface area (Å²) in [4.78, 5) is 18.5. The number of benzene rings is 1. The van der Waals surface area contributed by atoms with Crippen LogP contribution in [0.1, 0.15) is 30.6 Å². The number of piperidine rings is 1. The highest BCUT2D eigenvalue weighted by Crippen LogP contribution is 2.47. The standard InChI is InChI=1S/C20H24N4O2/c1-11-15-9-24-7-6-13-12-4-2-3-5-17(12)22-19(13)18(24)8-14(15)16(10-26-11)20(25)23-21/h2-5,10-11,14-15,18,22H,6-9,21H2,1H3,(H,23,25)/t11-,14?,15?,18?/m0/s1. The number of hydrogen-bond donors (Lipinski definition) is 3. The normalized spacial score (nSPS) is 30.6. The van der Waals surface area contributed by atoms with Crippen molar-refractivity contribution in [2.24, 2.45) is 17.7 Å². The van der Waals surface area contributed by atoms with Crippen molar-refractivity contribution in [2.75, 3.05) is 13.1 Å². The molecule has 0 saturated carbocycles. The smallest absolute Gasteiger partial charge is 0.264 e. The maximum Gasteiger partial charge on any atom is 0.264 e. The van der Waals surface area contributed by atoms with Gasteiger partial charge in [-0.2, -0.15) is 0 Å². The number of carbonyl (C=O) groups excluding carboxylic acids is 1.